The average Bonchev–Trinajstić information content (AvgIpc) is 2.03. The van der Waals surface area contributed by atoms with Gasteiger partial charge in [-0.05, 0) is 40.1 Å². The lowest BCUT2D eigenvalue weighted by Crippen LogP contribution is -2.16. The van der Waals surface area contributed by atoms with Crippen molar-refractivity contribution in [3.05, 3.63) is 21.5 Å². The van der Waals surface area contributed by atoms with Crippen LogP contribution in [0.25, 0.3) is 0 Å². The van der Waals surface area contributed by atoms with Gasteiger partial charge in [-0.15, -0.1) is 5.10 Å². The minimum absolute atomic E-state index is 0.251. The maximum atomic E-state index is 4.19. The van der Waals surface area contributed by atoms with Crippen molar-refractivity contribution in [3.63, 3.8) is 0 Å². The van der Waals surface area contributed by atoms with Crippen molar-refractivity contribution in [1.82, 2.24) is 10.2 Å². The number of hydrogen-bond acceptors (Lipinski definition) is 2. The summed E-state index contributed by atoms with van der Waals surface area (Å²) in [5.41, 5.74) is 1.33. The number of hydrogen-bond donors (Lipinski definition) is 0. The molecule has 0 amide bonds. The Morgan fingerprint density at radius 3 is 2.23 bits per heavy atom. The van der Waals surface area contributed by atoms with Gasteiger partial charge in [0.1, 0.15) is 3.70 Å². The summed E-state index contributed by atoms with van der Waals surface area (Å²) in [4.78, 5) is 0. The summed E-state index contributed by atoms with van der Waals surface area (Å²) in [5.74, 6) is 0.442. The Morgan fingerprint density at radius 2 is 1.85 bits per heavy atom. The van der Waals surface area contributed by atoms with Crippen LogP contribution in [0.15, 0.2) is 12.1 Å². The number of aromatic nitrogens is 2. The van der Waals surface area contributed by atoms with Crippen molar-refractivity contribution in [2.45, 2.75) is 33.6 Å². The molecule has 3 heteroatoms. The minimum Gasteiger partial charge on any atom is -0.154 e. The third-order valence-corrected chi connectivity index (χ3v) is 2.97. The lowest BCUT2D eigenvalue weighted by atomic mass is 9.80. The monoisotopic (exact) mass is 290 g/mol. The zero-order chi connectivity index (χ0) is 10.1. The fourth-order valence-corrected chi connectivity index (χ4v) is 1.29. The molecule has 0 radical (unpaired) electrons. The predicted molar refractivity (Wildman–Crippen MR) is 62.6 cm³/mol. The third-order valence-electron chi connectivity index (χ3n) is 2.40. The first-order valence-electron chi connectivity index (χ1n) is 4.40. The van der Waals surface area contributed by atoms with Crippen molar-refractivity contribution in [3.8, 4) is 0 Å². The number of halogens is 1. The molecule has 13 heavy (non-hydrogen) atoms. The second-order valence-electron chi connectivity index (χ2n) is 4.37. The second kappa shape index (κ2) is 3.90. The first kappa shape index (κ1) is 10.9. The summed E-state index contributed by atoms with van der Waals surface area (Å²) < 4.78 is 0.947. The lowest BCUT2D eigenvalue weighted by molar-refractivity contribution is 0.332. The molecular formula is C10H15IN2. The fourth-order valence-electron chi connectivity index (χ4n) is 1.00. The van der Waals surface area contributed by atoms with E-state index in [4.69, 9.17) is 0 Å². The summed E-state index contributed by atoms with van der Waals surface area (Å²) in [6.45, 7) is 8.85. The summed E-state index contributed by atoms with van der Waals surface area (Å²) in [6, 6.07) is 4.07. The highest BCUT2D eigenvalue weighted by Gasteiger charge is 2.22. The maximum absolute atomic E-state index is 4.19. The Kier molecular flexibility index (Phi) is 3.27. The van der Waals surface area contributed by atoms with Gasteiger partial charge in [-0.1, -0.05) is 27.7 Å². The number of rotatable bonds is 1. The van der Waals surface area contributed by atoms with E-state index in [1.807, 2.05) is 6.07 Å². The fraction of sp³-hybridized carbons (Fsp3) is 0.600. The Balaban J connectivity index is 2.90. The molecule has 0 bridgehead atoms. The molecular weight excluding hydrogens is 275 g/mol. The van der Waals surface area contributed by atoms with E-state index in [-0.39, 0.29) is 5.41 Å². The summed E-state index contributed by atoms with van der Waals surface area (Å²) in [5, 5.41) is 8.24. The molecule has 1 rings (SSSR count). The van der Waals surface area contributed by atoms with Crippen molar-refractivity contribution in [1.29, 1.82) is 0 Å². The van der Waals surface area contributed by atoms with E-state index in [1.165, 1.54) is 0 Å². The van der Waals surface area contributed by atoms with Gasteiger partial charge in [-0.25, -0.2) is 0 Å². The largest absolute Gasteiger partial charge is 0.154 e. The van der Waals surface area contributed by atoms with E-state index < -0.39 is 0 Å². The number of nitrogens with zero attached hydrogens (tertiary/aromatic N) is 2. The second-order valence-corrected chi connectivity index (χ2v) is 5.47. The van der Waals surface area contributed by atoms with Crippen LogP contribution in [-0.2, 0) is 0 Å². The van der Waals surface area contributed by atoms with Crippen LogP contribution in [0.4, 0.5) is 0 Å². The molecule has 0 aliphatic heterocycles. The SMILES string of the molecule is CC(c1ccc(I)nn1)C(C)(C)C. The molecule has 1 aromatic heterocycles. The van der Waals surface area contributed by atoms with Gasteiger partial charge in [0.2, 0.25) is 0 Å². The zero-order valence-corrected chi connectivity index (χ0v) is 10.7. The zero-order valence-electron chi connectivity index (χ0n) is 8.50. The van der Waals surface area contributed by atoms with Crippen LogP contribution in [0.2, 0.25) is 0 Å². The van der Waals surface area contributed by atoms with Gasteiger partial charge in [0.15, 0.2) is 0 Å². The van der Waals surface area contributed by atoms with Gasteiger partial charge >= 0.3 is 0 Å². The predicted octanol–water partition coefficient (Wildman–Crippen LogP) is 3.23. The lowest BCUT2D eigenvalue weighted by Gasteiger charge is -2.26. The van der Waals surface area contributed by atoms with Gasteiger partial charge in [0.05, 0.1) is 5.69 Å². The van der Waals surface area contributed by atoms with E-state index in [1.54, 1.807) is 0 Å². The molecule has 0 saturated heterocycles. The molecule has 0 aliphatic carbocycles. The molecule has 0 aliphatic rings. The highest BCUT2D eigenvalue weighted by Crippen LogP contribution is 2.32. The van der Waals surface area contributed by atoms with E-state index in [0.29, 0.717) is 5.92 Å². The summed E-state index contributed by atoms with van der Waals surface area (Å²) >= 11 is 2.17. The molecule has 72 valence electrons. The molecule has 2 nitrogen and oxygen atoms in total. The van der Waals surface area contributed by atoms with E-state index in [0.717, 1.165) is 9.39 Å². The summed E-state index contributed by atoms with van der Waals surface area (Å²) in [7, 11) is 0. The highest BCUT2D eigenvalue weighted by atomic mass is 127. The molecule has 0 spiro atoms. The van der Waals surface area contributed by atoms with Gasteiger partial charge in [0, 0.05) is 5.92 Å². The van der Waals surface area contributed by atoms with E-state index >= 15 is 0 Å². The van der Waals surface area contributed by atoms with E-state index in [9.17, 15) is 0 Å². The highest BCUT2D eigenvalue weighted by molar-refractivity contribution is 14.1. The third kappa shape index (κ3) is 2.90. The topological polar surface area (TPSA) is 25.8 Å². The smallest absolute Gasteiger partial charge is 0.124 e. The molecule has 0 N–H and O–H groups in total. The maximum Gasteiger partial charge on any atom is 0.124 e. The Morgan fingerprint density at radius 1 is 1.23 bits per heavy atom. The van der Waals surface area contributed by atoms with Crippen LogP contribution in [0.1, 0.15) is 39.3 Å². The molecule has 1 unspecified atom stereocenters. The van der Waals surface area contributed by atoms with Gasteiger partial charge in [-0.3, -0.25) is 0 Å². The van der Waals surface area contributed by atoms with Crippen LogP contribution in [0.3, 0.4) is 0 Å². The summed E-state index contributed by atoms with van der Waals surface area (Å²) in [6.07, 6.45) is 0. The first-order valence-corrected chi connectivity index (χ1v) is 5.48. The Labute approximate surface area is 93.3 Å². The Bertz CT molecular complexity index is 274. The van der Waals surface area contributed by atoms with Gasteiger partial charge in [0.25, 0.3) is 0 Å². The standard InChI is InChI=1S/C10H15IN2/c1-7(10(2,3)4)8-5-6-9(11)13-12-8/h5-7H,1-4H3. The first-order chi connectivity index (χ1) is 5.91. The molecule has 0 saturated carbocycles. The quantitative estimate of drug-likeness (QED) is 0.742. The average molecular weight is 290 g/mol. The van der Waals surface area contributed by atoms with Crippen molar-refractivity contribution >= 4 is 22.6 Å². The van der Waals surface area contributed by atoms with E-state index in [2.05, 4.69) is 66.5 Å². The molecule has 0 fully saturated rings. The molecule has 1 aromatic rings. The molecule has 0 aromatic carbocycles. The van der Waals surface area contributed by atoms with Gasteiger partial charge in [-0.2, -0.15) is 5.10 Å². The van der Waals surface area contributed by atoms with Crippen molar-refractivity contribution in [2.24, 2.45) is 5.41 Å². The van der Waals surface area contributed by atoms with Crippen LogP contribution < -0.4 is 0 Å². The molecule has 1 heterocycles. The molecule has 1 atom stereocenters. The van der Waals surface area contributed by atoms with Crippen molar-refractivity contribution in [2.75, 3.05) is 0 Å². The van der Waals surface area contributed by atoms with Crippen LogP contribution in [-0.4, -0.2) is 10.2 Å². The van der Waals surface area contributed by atoms with Crippen LogP contribution in [0, 0.1) is 9.12 Å². The van der Waals surface area contributed by atoms with Crippen LogP contribution >= 0.6 is 22.6 Å². The normalized spacial score (nSPS) is 14.2. The van der Waals surface area contributed by atoms with Gasteiger partial charge < -0.3 is 0 Å². The van der Waals surface area contributed by atoms with Crippen LogP contribution in [0.5, 0.6) is 0 Å². The Hall–Kier alpha value is -0.190. The van der Waals surface area contributed by atoms with Crippen molar-refractivity contribution < 1.29 is 0 Å². The minimum atomic E-state index is 0.251.